The Balaban J connectivity index is 2.11. The van der Waals surface area contributed by atoms with Crippen molar-refractivity contribution in [2.24, 2.45) is 5.92 Å². The van der Waals surface area contributed by atoms with E-state index in [1.165, 1.54) is 12.8 Å². The van der Waals surface area contributed by atoms with E-state index in [1.54, 1.807) is 16.8 Å². The summed E-state index contributed by atoms with van der Waals surface area (Å²) in [4.78, 5) is 4.05. The summed E-state index contributed by atoms with van der Waals surface area (Å²) in [5.41, 5.74) is 2.62. The number of hydrogen-bond acceptors (Lipinski definition) is 3. The maximum Gasteiger partial charge on any atom is 0.0996 e. The van der Waals surface area contributed by atoms with Crippen LogP contribution in [0.25, 0.3) is 0 Å². The highest BCUT2D eigenvalue weighted by Crippen LogP contribution is 2.40. The predicted octanol–water partition coefficient (Wildman–Crippen LogP) is 1.59. The zero-order valence-electron chi connectivity index (χ0n) is 5.53. The Hall–Kier alpha value is -0.410. The highest BCUT2D eigenvalue weighted by atomic mass is 32.1. The average Bonchev–Trinajstić information content (AvgIpc) is 2.65. The van der Waals surface area contributed by atoms with Gasteiger partial charge < -0.3 is 5.11 Å². The maximum absolute atomic E-state index is 9.49. The van der Waals surface area contributed by atoms with Gasteiger partial charge in [0.2, 0.25) is 0 Å². The third-order valence-corrected chi connectivity index (χ3v) is 2.43. The summed E-state index contributed by atoms with van der Waals surface area (Å²) in [6.07, 6.45) is 2.04. The first kappa shape index (κ1) is 6.31. The maximum atomic E-state index is 9.49. The topological polar surface area (TPSA) is 33.1 Å². The molecule has 2 nitrogen and oxygen atoms in total. The lowest BCUT2D eigenvalue weighted by Crippen LogP contribution is -1.98. The third kappa shape index (κ3) is 1.07. The molecule has 10 heavy (non-hydrogen) atoms. The first-order valence-corrected chi connectivity index (χ1v) is 4.38. The number of hydrogen-bond donors (Lipinski definition) is 1. The summed E-state index contributed by atoms with van der Waals surface area (Å²) in [6.45, 7) is 0. The molecule has 0 amide bonds. The molecular formula is C7H9NOS. The first-order valence-electron chi connectivity index (χ1n) is 3.44. The molecule has 1 aliphatic carbocycles. The summed E-state index contributed by atoms with van der Waals surface area (Å²) in [5, 5.41) is 11.4. The predicted molar refractivity (Wildman–Crippen MR) is 39.8 cm³/mol. The van der Waals surface area contributed by atoms with E-state index in [4.69, 9.17) is 0 Å². The van der Waals surface area contributed by atoms with Gasteiger partial charge in [-0.2, -0.15) is 0 Å². The zero-order valence-corrected chi connectivity index (χ0v) is 6.34. The summed E-state index contributed by atoms with van der Waals surface area (Å²) in [5.74, 6) is 0.502. The first-order chi connectivity index (χ1) is 4.88. The van der Waals surface area contributed by atoms with Crippen LogP contribution in [0.1, 0.15) is 24.6 Å². The molecule has 1 aromatic heterocycles. The van der Waals surface area contributed by atoms with Gasteiger partial charge in [-0.1, -0.05) is 0 Å². The van der Waals surface area contributed by atoms with Crippen LogP contribution in [0, 0.1) is 5.92 Å². The van der Waals surface area contributed by atoms with E-state index in [-0.39, 0.29) is 6.10 Å². The van der Waals surface area contributed by atoms with E-state index in [1.807, 2.05) is 5.38 Å². The molecule has 0 saturated heterocycles. The van der Waals surface area contributed by atoms with Crippen LogP contribution < -0.4 is 0 Å². The lowest BCUT2D eigenvalue weighted by Gasteiger charge is -2.02. The molecule has 54 valence electrons. The van der Waals surface area contributed by atoms with E-state index >= 15 is 0 Å². The Morgan fingerprint density at radius 2 is 2.50 bits per heavy atom. The Bertz CT molecular complexity index is 205. The monoisotopic (exact) mass is 155 g/mol. The van der Waals surface area contributed by atoms with Crippen molar-refractivity contribution >= 4 is 11.3 Å². The van der Waals surface area contributed by atoms with E-state index in [2.05, 4.69) is 4.98 Å². The minimum absolute atomic E-state index is 0.286. The minimum atomic E-state index is -0.286. The van der Waals surface area contributed by atoms with Crippen molar-refractivity contribution in [3.8, 4) is 0 Å². The number of rotatable bonds is 2. The quantitative estimate of drug-likeness (QED) is 0.703. The number of thiazole rings is 1. The van der Waals surface area contributed by atoms with Crippen molar-refractivity contribution < 1.29 is 5.11 Å². The molecule has 1 saturated carbocycles. The second-order valence-corrected chi connectivity index (χ2v) is 3.41. The lowest BCUT2D eigenvalue weighted by atomic mass is 10.2. The fraction of sp³-hybridized carbons (Fsp3) is 0.571. The standard InChI is InChI=1S/C7H9NOS/c9-7(5-1-2-5)6-3-10-4-8-6/h3-5,7,9H,1-2H2. The van der Waals surface area contributed by atoms with Crippen molar-refractivity contribution in [2.75, 3.05) is 0 Å². The number of aromatic nitrogens is 1. The fourth-order valence-electron chi connectivity index (χ4n) is 1.02. The average molecular weight is 155 g/mol. The van der Waals surface area contributed by atoms with Crippen LogP contribution in [0.3, 0.4) is 0 Å². The van der Waals surface area contributed by atoms with Gasteiger partial charge in [0, 0.05) is 5.38 Å². The Kier molecular flexibility index (Phi) is 1.47. The molecule has 1 N–H and O–H groups in total. The second kappa shape index (κ2) is 2.32. The minimum Gasteiger partial charge on any atom is -0.386 e. The van der Waals surface area contributed by atoms with Crippen LogP contribution >= 0.6 is 11.3 Å². The summed E-state index contributed by atoms with van der Waals surface area (Å²) >= 11 is 1.54. The molecule has 1 aliphatic rings. The molecule has 0 aliphatic heterocycles. The number of nitrogens with zero attached hydrogens (tertiary/aromatic N) is 1. The molecule has 1 atom stereocenters. The number of aliphatic hydroxyl groups is 1. The van der Waals surface area contributed by atoms with Crippen LogP contribution in [-0.2, 0) is 0 Å². The van der Waals surface area contributed by atoms with Crippen LogP contribution in [0.4, 0.5) is 0 Å². The molecule has 0 radical (unpaired) electrons. The Morgan fingerprint density at radius 3 is 3.00 bits per heavy atom. The Morgan fingerprint density at radius 1 is 1.70 bits per heavy atom. The van der Waals surface area contributed by atoms with Crippen molar-refractivity contribution in [3.05, 3.63) is 16.6 Å². The normalized spacial score (nSPS) is 20.9. The fourth-order valence-corrected chi connectivity index (χ4v) is 1.60. The van der Waals surface area contributed by atoms with Gasteiger partial charge in [0.15, 0.2) is 0 Å². The van der Waals surface area contributed by atoms with Crippen molar-refractivity contribution in [1.82, 2.24) is 4.98 Å². The van der Waals surface area contributed by atoms with Gasteiger partial charge >= 0.3 is 0 Å². The van der Waals surface area contributed by atoms with Crippen LogP contribution in [0.5, 0.6) is 0 Å². The second-order valence-electron chi connectivity index (χ2n) is 2.70. The van der Waals surface area contributed by atoms with E-state index < -0.39 is 0 Å². The van der Waals surface area contributed by atoms with Crippen LogP contribution in [0.2, 0.25) is 0 Å². The molecule has 3 heteroatoms. The lowest BCUT2D eigenvalue weighted by molar-refractivity contribution is 0.150. The summed E-state index contributed by atoms with van der Waals surface area (Å²) in [6, 6.07) is 0. The van der Waals surface area contributed by atoms with Gasteiger partial charge in [-0.3, -0.25) is 0 Å². The van der Waals surface area contributed by atoms with Crippen LogP contribution in [0.15, 0.2) is 10.9 Å². The van der Waals surface area contributed by atoms with Crippen molar-refractivity contribution in [3.63, 3.8) is 0 Å². The molecule has 0 bridgehead atoms. The summed E-state index contributed by atoms with van der Waals surface area (Å²) in [7, 11) is 0. The molecule has 1 fully saturated rings. The van der Waals surface area contributed by atoms with Crippen molar-refractivity contribution in [1.29, 1.82) is 0 Å². The molecule has 1 aromatic rings. The van der Waals surface area contributed by atoms with Gasteiger partial charge in [0.1, 0.15) is 0 Å². The summed E-state index contributed by atoms with van der Waals surface area (Å²) < 4.78 is 0. The zero-order chi connectivity index (χ0) is 6.97. The van der Waals surface area contributed by atoms with Crippen LogP contribution in [-0.4, -0.2) is 10.1 Å². The molecule has 2 rings (SSSR count). The molecule has 1 unspecified atom stereocenters. The van der Waals surface area contributed by atoms with Gasteiger partial charge in [-0.15, -0.1) is 11.3 Å². The molecular weight excluding hydrogens is 146 g/mol. The highest BCUT2D eigenvalue weighted by molar-refractivity contribution is 7.07. The van der Waals surface area contributed by atoms with Gasteiger partial charge in [-0.25, -0.2) is 4.98 Å². The highest BCUT2D eigenvalue weighted by Gasteiger charge is 2.31. The van der Waals surface area contributed by atoms with E-state index in [9.17, 15) is 5.11 Å². The van der Waals surface area contributed by atoms with Gasteiger partial charge in [0.25, 0.3) is 0 Å². The third-order valence-electron chi connectivity index (χ3n) is 1.82. The van der Waals surface area contributed by atoms with Gasteiger partial charge in [0.05, 0.1) is 17.3 Å². The number of aliphatic hydroxyl groups excluding tert-OH is 1. The van der Waals surface area contributed by atoms with Gasteiger partial charge in [-0.05, 0) is 18.8 Å². The molecule has 1 heterocycles. The van der Waals surface area contributed by atoms with Crippen molar-refractivity contribution in [2.45, 2.75) is 18.9 Å². The molecule has 0 spiro atoms. The smallest absolute Gasteiger partial charge is 0.0996 e. The Labute approximate surface area is 63.5 Å². The van der Waals surface area contributed by atoms with E-state index in [0.29, 0.717) is 5.92 Å². The van der Waals surface area contributed by atoms with E-state index in [0.717, 1.165) is 5.69 Å². The SMILES string of the molecule is OC(c1cscn1)C1CC1. The largest absolute Gasteiger partial charge is 0.386 e. The molecule has 0 aromatic carbocycles.